The van der Waals surface area contributed by atoms with Crippen molar-refractivity contribution in [3.8, 4) is 0 Å². The maximum absolute atomic E-state index is 12.9. The molecule has 0 aliphatic carbocycles. The molecule has 2 aromatic carbocycles. The van der Waals surface area contributed by atoms with Crippen LogP contribution in [0.1, 0.15) is 33.8 Å². The van der Waals surface area contributed by atoms with E-state index in [1.807, 2.05) is 65.6 Å². The number of hydrogen-bond acceptors (Lipinski definition) is 12. The van der Waals surface area contributed by atoms with Crippen molar-refractivity contribution in [2.24, 2.45) is 0 Å². The summed E-state index contributed by atoms with van der Waals surface area (Å²) in [5.41, 5.74) is 2.61. The highest BCUT2D eigenvalue weighted by Gasteiger charge is 2.47. The van der Waals surface area contributed by atoms with Crippen LogP contribution in [0.3, 0.4) is 0 Å². The molecule has 2 fully saturated rings. The largest absolute Gasteiger partial charge is 0.490 e. The van der Waals surface area contributed by atoms with Crippen molar-refractivity contribution in [3.05, 3.63) is 102 Å². The van der Waals surface area contributed by atoms with Crippen LogP contribution in [0.5, 0.6) is 0 Å². The fourth-order valence-electron chi connectivity index (χ4n) is 6.36. The lowest BCUT2D eigenvalue weighted by atomic mass is 9.91. The van der Waals surface area contributed by atoms with Gasteiger partial charge in [-0.1, -0.05) is 60.7 Å². The Morgan fingerprint density at radius 3 is 2.21 bits per heavy atom. The molecular formula is C35H34F3N7O7. The number of aliphatic hydroxyl groups excluding tert-OH is 2. The highest BCUT2D eigenvalue weighted by Crippen LogP contribution is 2.35. The molecule has 52 heavy (non-hydrogen) atoms. The molecule has 2 aliphatic rings. The monoisotopic (exact) mass is 721 g/mol. The second kappa shape index (κ2) is 14.6. The summed E-state index contributed by atoms with van der Waals surface area (Å²) >= 11 is 0. The number of fused-ring (bicyclic) bond motifs is 1. The van der Waals surface area contributed by atoms with Crippen molar-refractivity contribution in [2.75, 3.05) is 49.5 Å². The fourth-order valence-corrected chi connectivity index (χ4v) is 6.36. The smallest absolute Gasteiger partial charge is 0.459 e. The summed E-state index contributed by atoms with van der Waals surface area (Å²) in [6.45, 7) is 0.885. The van der Waals surface area contributed by atoms with Gasteiger partial charge in [0.05, 0.1) is 12.6 Å². The molecule has 7 rings (SSSR count). The molecule has 0 radical (unpaired) electrons. The first-order chi connectivity index (χ1) is 25.1. The van der Waals surface area contributed by atoms with Crippen molar-refractivity contribution >= 4 is 34.8 Å². The molecule has 0 spiro atoms. The van der Waals surface area contributed by atoms with Crippen molar-refractivity contribution in [2.45, 2.75) is 36.6 Å². The predicted octanol–water partition coefficient (Wildman–Crippen LogP) is 3.35. The van der Waals surface area contributed by atoms with Crippen LogP contribution in [0, 0.1) is 0 Å². The molecule has 17 heteroatoms. The normalized spacial score (nSPS) is 20.8. The van der Waals surface area contributed by atoms with E-state index < -0.39 is 43.3 Å². The predicted molar refractivity (Wildman–Crippen MR) is 178 cm³/mol. The lowest BCUT2D eigenvalue weighted by molar-refractivity contribution is -0.203. The second-order valence-corrected chi connectivity index (χ2v) is 12.4. The molecule has 5 aromatic rings. The summed E-state index contributed by atoms with van der Waals surface area (Å²) in [6.07, 6.45) is -8.64. The highest BCUT2D eigenvalue weighted by atomic mass is 19.4. The van der Waals surface area contributed by atoms with Gasteiger partial charge in [0.1, 0.15) is 24.9 Å². The van der Waals surface area contributed by atoms with Crippen LogP contribution >= 0.6 is 0 Å². The average Bonchev–Trinajstić information content (AvgIpc) is 3.91. The van der Waals surface area contributed by atoms with Crippen molar-refractivity contribution in [1.82, 2.24) is 24.4 Å². The molecule has 3 aromatic heterocycles. The van der Waals surface area contributed by atoms with Gasteiger partial charge < -0.3 is 39.2 Å². The van der Waals surface area contributed by atoms with Crippen molar-refractivity contribution in [1.29, 1.82) is 0 Å². The summed E-state index contributed by atoms with van der Waals surface area (Å²) < 4.78 is 54.9. The molecule has 0 saturated carbocycles. The van der Waals surface area contributed by atoms with Crippen molar-refractivity contribution < 1.29 is 46.9 Å². The average molecular weight is 722 g/mol. The number of nitrogens with zero attached hydrogens (tertiary/aromatic N) is 6. The number of benzene rings is 2. The first-order valence-corrected chi connectivity index (χ1v) is 16.5. The molecule has 2 saturated heterocycles. The van der Waals surface area contributed by atoms with Crippen LogP contribution in [0.25, 0.3) is 11.2 Å². The first-order valence-electron chi connectivity index (χ1n) is 16.5. The zero-order valence-electron chi connectivity index (χ0n) is 27.5. The van der Waals surface area contributed by atoms with Crippen molar-refractivity contribution in [3.63, 3.8) is 0 Å². The summed E-state index contributed by atoms with van der Waals surface area (Å²) in [4.78, 5) is 41.9. The molecule has 4 atom stereocenters. The van der Waals surface area contributed by atoms with Crippen LogP contribution in [-0.2, 0) is 14.3 Å². The Balaban J connectivity index is 1.19. The van der Waals surface area contributed by atoms with Gasteiger partial charge in [-0.15, -0.1) is 0 Å². The SMILES string of the molecule is O=C(c1ccco1)N1CCN(c2nc(NCC(c3ccccc3)c3ccccc3)c3ncn([C@@H]4O[C@H](COC(=O)C(F)(F)F)[C@@H](O)[C@H]4O)c3n2)CC1. The number of carbonyl (C=O) groups is 2. The Kier molecular flexibility index (Phi) is 9.81. The Hall–Kier alpha value is -5.52. The Bertz CT molecular complexity index is 1950. The summed E-state index contributed by atoms with van der Waals surface area (Å²) in [6, 6.07) is 23.1. The van der Waals surface area contributed by atoms with E-state index in [-0.39, 0.29) is 29.2 Å². The van der Waals surface area contributed by atoms with E-state index in [1.54, 1.807) is 17.0 Å². The van der Waals surface area contributed by atoms with Gasteiger partial charge in [-0.05, 0) is 23.3 Å². The number of hydrogen-bond donors (Lipinski definition) is 3. The number of halogens is 3. The number of aliphatic hydroxyl groups is 2. The van der Waals surface area contributed by atoms with Gasteiger partial charge in [0.2, 0.25) is 5.95 Å². The number of imidazole rings is 1. The third-order valence-electron chi connectivity index (χ3n) is 9.09. The zero-order chi connectivity index (χ0) is 36.4. The third kappa shape index (κ3) is 7.15. The Labute approximate surface area is 294 Å². The zero-order valence-corrected chi connectivity index (χ0v) is 27.5. The number of aromatic nitrogens is 4. The van der Waals surface area contributed by atoms with Crippen LogP contribution in [-0.4, -0.2) is 110 Å². The number of carbonyl (C=O) groups excluding carboxylic acids is 2. The molecule has 2 aliphatic heterocycles. The lowest BCUT2D eigenvalue weighted by Gasteiger charge is -2.34. The van der Waals surface area contributed by atoms with E-state index in [0.717, 1.165) is 11.1 Å². The maximum atomic E-state index is 12.9. The van der Waals surface area contributed by atoms with E-state index in [2.05, 4.69) is 15.0 Å². The number of furan rings is 1. The molecule has 0 unspecified atom stereocenters. The molecule has 3 N–H and O–H groups in total. The van der Waals surface area contributed by atoms with Gasteiger partial charge in [0.15, 0.2) is 29.0 Å². The summed E-state index contributed by atoms with van der Waals surface area (Å²) in [5.74, 6) is -1.91. The van der Waals surface area contributed by atoms with Gasteiger partial charge in [-0.25, -0.2) is 9.78 Å². The fraction of sp³-hybridized carbons (Fsp3) is 0.343. The number of amides is 1. The molecular weight excluding hydrogens is 687 g/mol. The summed E-state index contributed by atoms with van der Waals surface area (Å²) in [5, 5.41) is 25.1. The lowest BCUT2D eigenvalue weighted by Crippen LogP contribution is -2.49. The van der Waals surface area contributed by atoms with E-state index in [9.17, 15) is 33.0 Å². The quantitative estimate of drug-likeness (QED) is 0.180. The number of rotatable bonds is 10. The van der Waals surface area contributed by atoms with Crippen LogP contribution < -0.4 is 10.2 Å². The molecule has 0 bridgehead atoms. The Morgan fingerprint density at radius 1 is 0.923 bits per heavy atom. The molecule has 272 valence electrons. The molecule has 1 amide bonds. The van der Waals surface area contributed by atoms with Gasteiger partial charge in [0.25, 0.3) is 5.91 Å². The number of esters is 1. The topological polar surface area (TPSA) is 168 Å². The minimum atomic E-state index is -5.24. The van der Waals surface area contributed by atoms with Gasteiger partial charge in [-0.3, -0.25) is 9.36 Å². The van der Waals surface area contributed by atoms with E-state index >= 15 is 0 Å². The minimum Gasteiger partial charge on any atom is -0.459 e. The number of alkyl halides is 3. The molecule has 14 nitrogen and oxygen atoms in total. The van der Waals surface area contributed by atoms with E-state index in [0.29, 0.717) is 44.1 Å². The third-order valence-corrected chi connectivity index (χ3v) is 9.09. The van der Waals surface area contributed by atoms with Gasteiger partial charge in [0, 0.05) is 38.6 Å². The standard InChI is InChI=1S/C35H34F3N7O7/c36-35(37,38)33(49)51-19-25-27(46)28(47)32(52-25)45-20-40-26-29(39-18-23(21-8-3-1-4-9-21)22-10-5-2-6-11-22)41-34(42-30(26)45)44-15-13-43(14-16-44)31(48)24-12-7-17-50-24/h1-12,17,20,23,25,27-28,32,46-47H,13-16,18-19H2,(H,39,41,42)/t25-,27-,28-,32-/m1/s1. The number of piperazine rings is 1. The summed E-state index contributed by atoms with van der Waals surface area (Å²) in [7, 11) is 0. The van der Waals surface area contributed by atoms with Gasteiger partial charge in [-0.2, -0.15) is 23.1 Å². The molecule has 5 heterocycles. The number of anilines is 2. The number of ether oxygens (including phenoxy) is 2. The first kappa shape index (κ1) is 34.9. The van der Waals surface area contributed by atoms with Crippen LogP contribution in [0.15, 0.2) is 89.8 Å². The maximum Gasteiger partial charge on any atom is 0.490 e. The minimum absolute atomic E-state index is 0.0931. The Morgan fingerprint density at radius 2 is 1.60 bits per heavy atom. The second-order valence-electron chi connectivity index (χ2n) is 12.4. The number of nitrogens with one attached hydrogen (secondary N) is 1. The van der Waals surface area contributed by atoms with E-state index in [4.69, 9.17) is 19.1 Å². The van der Waals surface area contributed by atoms with Gasteiger partial charge >= 0.3 is 12.1 Å². The van der Waals surface area contributed by atoms with Crippen LogP contribution in [0.2, 0.25) is 0 Å². The van der Waals surface area contributed by atoms with E-state index in [1.165, 1.54) is 17.2 Å². The highest BCUT2D eigenvalue weighted by molar-refractivity contribution is 5.91. The van der Waals surface area contributed by atoms with Crippen LogP contribution in [0.4, 0.5) is 24.9 Å².